The van der Waals surface area contributed by atoms with Crippen LogP contribution in [0.5, 0.6) is 0 Å². The average Bonchev–Trinajstić information content (AvgIpc) is 3.37. The van der Waals surface area contributed by atoms with Crippen molar-refractivity contribution in [3.8, 4) is 0 Å². The number of anilines is 3. The molecule has 5 rings (SSSR count). The summed E-state index contributed by atoms with van der Waals surface area (Å²) in [6.45, 7) is 8.42. The van der Waals surface area contributed by atoms with Gasteiger partial charge in [-0.1, -0.05) is 0 Å². The second-order valence-corrected chi connectivity index (χ2v) is 10.1. The summed E-state index contributed by atoms with van der Waals surface area (Å²) >= 11 is 0. The van der Waals surface area contributed by atoms with E-state index in [1.807, 2.05) is 35.2 Å². The maximum Gasteiger partial charge on any atom is 0.325 e. The van der Waals surface area contributed by atoms with Crippen LogP contribution < -0.4 is 15.5 Å². The zero-order chi connectivity index (χ0) is 26.6. The summed E-state index contributed by atoms with van der Waals surface area (Å²) in [4.78, 5) is 38.6. The molecule has 0 atom stereocenters. The number of piperidine rings is 1. The van der Waals surface area contributed by atoms with Crippen LogP contribution in [0.2, 0.25) is 0 Å². The van der Waals surface area contributed by atoms with Crippen molar-refractivity contribution in [3.05, 3.63) is 48.8 Å². The third-order valence-corrected chi connectivity index (χ3v) is 7.83. The minimum absolute atomic E-state index is 0.0994. The number of urea groups is 1. The van der Waals surface area contributed by atoms with E-state index in [2.05, 4.69) is 50.4 Å². The Balaban J connectivity index is 1.23. The first-order valence-corrected chi connectivity index (χ1v) is 13.5. The molecule has 0 radical (unpaired) electrons. The Bertz CT molecular complexity index is 1270. The number of nitrogens with zero attached hydrogens (tertiary/aromatic N) is 6. The van der Waals surface area contributed by atoms with Crippen molar-refractivity contribution in [1.29, 1.82) is 0 Å². The molecule has 2 N–H and O–H groups in total. The normalized spacial score (nSPS) is 17.5. The van der Waals surface area contributed by atoms with Crippen LogP contribution in [0.15, 0.2) is 48.8 Å². The van der Waals surface area contributed by atoms with Gasteiger partial charge in [0, 0.05) is 81.0 Å². The topological polar surface area (TPSA) is 89.0 Å². The number of carbonyl (C=O) groups is 2. The van der Waals surface area contributed by atoms with Crippen molar-refractivity contribution in [2.24, 2.45) is 0 Å². The molecule has 0 unspecified atom stereocenters. The zero-order valence-corrected chi connectivity index (χ0v) is 22.6. The minimum atomic E-state index is -0.169. The number of hydrogen-bond donors (Lipinski definition) is 2. The molecule has 2 aliphatic rings. The van der Waals surface area contributed by atoms with E-state index >= 15 is 0 Å². The second kappa shape index (κ2) is 11.4. The summed E-state index contributed by atoms with van der Waals surface area (Å²) in [6, 6.07) is 12.2. The number of aromatic nitrogens is 2. The van der Waals surface area contributed by atoms with Gasteiger partial charge in [0.05, 0.1) is 5.52 Å². The molecule has 0 spiro atoms. The highest BCUT2D eigenvalue weighted by Gasteiger charge is 2.28. The predicted molar refractivity (Wildman–Crippen MR) is 151 cm³/mol. The fraction of sp³-hybridized carbons (Fsp3) is 0.464. The van der Waals surface area contributed by atoms with E-state index in [9.17, 15) is 9.59 Å². The van der Waals surface area contributed by atoms with E-state index in [1.54, 1.807) is 24.0 Å². The smallest absolute Gasteiger partial charge is 0.325 e. The van der Waals surface area contributed by atoms with Gasteiger partial charge in [-0.05, 0) is 70.2 Å². The van der Waals surface area contributed by atoms with Crippen molar-refractivity contribution in [1.82, 2.24) is 29.6 Å². The van der Waals surface area contributed by atoms with Gasteiger partial charge in [-0.25, -0.2) is 14.6 Å². The van der Waals surface area contributed by atoms with E-state index in [0.29, 0.717) is 11.9 Å². The molecular weight excluding hydrogens is 480 g/mol. The predicted octanol–water partition coefficient (Wildman–Crippen LogP) is 3.63. The highest BCUT2D eigenvalue weighted by atomic mass is 16.2. The molecule has 2 aliphatic heterocycles. The Morgan fingerprint density at radius 2 is 1.71 bits per heavy atom. The molecule has 1 aromatic carbocycles. The van der Waals surface area contributed by atoms with Crippen molar-refractivity contribution in [3.63, 3.8) is 0 Å². The number of carbonyl (C=O) groups excluding carboxylic acids is 2. The fourth-order valence-corrected chi connectivity index (χ4v) is 5.60. The maximum absolute atomic E-state index is 13.0. The SMILES string of the molecule is CCN(c1ccnc(NC(=O)N2CCN(C3CCN(C)CC3)CC2)c1)c1ccc2c(ccn2C(=O)NC)c1. The summed E-state index contributed by atoms with van der Waals surface area (Å²) in [5.74, 6) is 0.538. The van der Waals surface area contributed by atoms with Crippen molar-refractivity contribution in [2.75, 3.05) is 70.1 Å². The lowest BCUT2D eigenvalue weighted by Crippen LogP contribution is -2.54. The van der Waals surface area contributed by atoms with Crippen molar-refractivity contribution < 1.29 is 9.59 Å². The standard InChI is InChI=1S/C28H38N8O2/c1-4-35(23-5-6-25-21(19-23)8-14-36(25)27(37)29-2)24-7-11-30-26(20-24)31-28(38)34-17-15-33(16-18-34)22-9-12-32(3)13-10-22/h5-8,11,14,19-20,22H,4,9-10,12-13,15-18H2,1-3H3,(H,29,37)(H,30,31,38). The zero-order valence-electron chi connectivity index (χ0n) is 22.6. The lowest BCUT2D eigenvalue weighted by Gasteiger charge is -2.42. The molecular formula is C28H38N8O2. The van der Waals surface area contributed by atoms with Crippen molar-refractivity contribution in [2.45, 2.75) is 25.8 Å². The molecule has 10 heteroatoms. The molecule has 3 aromatic rings. The number of hydrogen-bond acceptors (Lipinski definition) is 6. The molecule has 38 heavy (non-hydrogen) atoms. The van der Waals surface area contributed by atoms with Gasteiger partial charge in [0.2, 0.25) is 0 Å². The molecule has 0 saturated carbocycles. The first-order chi connectivity index (χ1) is 18.5. The summed E-state index contributed by atoms with van der Waals surface area (Å²) in [6.07, 6.45) is 5.92. The van der Waals surface area contributed by atoms with Crippen LogP contribution in [-0.4, -0.2) is 102 Å². The van der Waals surface area contributed by atoms with Gasteiger partial charge in [0.15, 0.2) is 0 Å². The number of benzene rings is 1. The molecule has 2 saturated heterocycles. The van der Waals surface area contributed by atoms with E-state index in [0.717, 1.165) is 68.1 Å². The van der Waals surface area contributed by atoms with Gasteiger partial charge in [-0.2, -0.15) is 0 Å². The number of nitrogens with one attached hydrogen (secondary N) is 2. The number of piperazine rings is 1. The maximum atomic E-state index is 13.0. The quantitative estimate of drug-likeness (QED) is 0.536. The van der Waals surface area contributed by atoms with Crippen LogP contribution in [-0.2, 0) is 0 Å². The van der Waals surface area contributed by atoms with E-state index < -0.39 is 0 Å². The molecule has 0 aliphatic carbocycles. The Labute approximate surface area is 224 Å². The number of fused-ring (bicyclic) bond motifs is 1. The van der Waals surface area contributed by atoms with Crippen LogP contribution in [0.4, 0.5) is 26.8 Å². The van der Waals surface area contributed by atoms with Crippen LogP contribution in [0.3, 0.4) is 0 Å². The first-order valence-electron chi connectivity index (χ1n) is 13.5. The third-order valence-electron chi connectivity index (χ3n) is 7.83. The summed E-state index contributed by atoms with van der Waals surface area (Å²) in [5.41, 5.74) is 2.79. The van der Waals surface area contributed by atoms with Crippen LogP contribution in [0, 0.1) is 0 Å². The van der Waals surface area contributed by atoms with Gasteiger partial charge >= 0.3 is 12.1 Å². The lowest BCUT2D eigenvalue weighted by molar-refractivity contribution is 0.0775. The van der Waals surface area contributed by atoms with Gasteiger partial charge < -0.3 is 20.0 Å². The van der Waals surface area contributed by atoms with Crippen LogP contribution >= 0.6 is 0 Å². The molecule has 202 valence electrons. The van der Waals surface area contributed by atoms with E-state index in [1.165, 1.54) is 12.8 Å². The third kappa shape index (κ3) is 5.46. The summed E-state index contributed by atoms with van der Waals surface area (Å²) < 4.78 is 1.60. The van der Waals surface area contributed by atoms with Crippen LogP contribution in [0.25, 0.3) is 10.9 Å². The molecule has 3 amide bonds. The monoisotopic (exact) mass is 518 g/mol. The summed E-state index contributed by atoms with van der Waals surface area (Å²) in [5, 5.41) is 6.65. The Morgan fingerprint density at radius 1 is 0.974 bits per heavy atom. The molecule has 2 aromatic heterocycles. The number of likely N-dealkylation sites (tertiary alicyclic amines) is 1. The van der Waals surface area contributed by atoms with E-state index in [4.69, 9.17) is 0 Å². The number of amides is 3. The number of rotatable bonds is 5. The Morgan fingerprint density at radius 3 is 2.42 bits per heavy atom. The highest BCUT2D eigenvalue weighted by Crippen LogP contribution is 2.30. The molecule has 10 nitrogen and oxygen atoms in total. The molecule has 2 fully saturated rings. The largest absolute Gasteiger partial charge is 0.342 e. The van der Waals surface area contributed by atoms with Gasteiger partial charge in [-0.15, -0.1) is 0 Å². The van der Waals surface area contributed by atoms with Gasteiger partial charge in [-0.3, -0.25) is 14.8 Å². The fourth-order valence-electron chi connectivity index (χ4n) is 5.60. The first kappa shape index (κ1) is 26.0. The van der Waals surface area contributed by atoms with E-state index in [-0.39, 0.29) is 12.1 Å². The number of pyridine rings is 1. The lowest BCUT2D eigenvalue weighted by atomic mass is 10.0. The summed E-state index contributed by atoms with van der Waals surface area (Å²) in [7, 11) is 3.81. The second-order valence-electron chi connectivity index (χ2n) is 10.1. The minimum Gasteiger partial charge on any atom is -0.342 e. The molecule has 0 bridgehead atoms. The molecule has 4 heterocycles. The van der Waals surface area contributed by atoms with Crippen LogP contribution in [0.1, 0.15) is 19.8 Å². The van der Waals surface area contributed by atoms with Gasteiger partial charge in [0.25, 0.3) is 0 Å². The highest BCUT2D eigenvalue weighted by molar-refractivity contribution is 5.94. The van der Waals surface area contributed by atoms with Crippen molar-refractivity contribution >= 4 is 40.2 Å². The van der Waals surface area contributed by atoms with Gasteiger partial charge in [0.1, 0.15) is 5.82 Å². The Kier molecular flexibility index (Phi) is 7.80. The average molecular weight is 519 g/mol. The Hall–Kier alpha value is -3.63.